The van der Waals surface area contributed by atoms with E-state index in [-0.39, 0.29) is 23.9 Å². The van der Waals surface area contributed by atoms with E-state index < -0.39 is 22.9 Å². The number of nitrogens with one attached hydrogen (secondary N) is 1. The van der Waals surface area contributed by atoms with E-state index in [1.54, 1.807) is 26.8 Å². The predicted octanol–water partition coefficient (Wildman–Crippen LogP) is 3.72. The number of rotatable bonds is 8. The zero-order valence-electron chi connectivity index (χ0n) is 20.3. The summed E-state index contributed by atoms with van der Waals surface area (Å²) in [6.45, 7) is 8.34. The summed E-state index contributed by atoms with van der Waals surface area (Å²) in [6, 6.07) is 4.15. The van der Waals surface area contributed by atoms with Gasteiger partial charge in [-0.2, -0.15) is 0 Å². The molecule has 3 heterocycles. The van der Waals surface area contributed by atoms with Crippen molar-refractivity contribution in [3.05, 3.63) is 63.4 Å². The number of halogens is 1. The highest BCUT2D eigenvalue weighted by Gasteiger charge is 2.35. The van der Waals surface area contributed by atoms with Crippen LogP contribution in [0.5, 0.6) is 5.75 Å². The molecule has 1 aliphatic heterocycles. The Morgan fingerprint density at radius 2 is 2.14 bits per heavy atom. The van der Waals surface area contributed by atoms with Gasteiger partial charge in [-0.3, -0.25) is 14.2 Å². The van der Waals surface area contributed by atoms with E-state index in [1.807, 2.05) is 6.92 Å². The Morgan fingerprint density at radius 3 is 2.86 bits per heavy atom. The van der Waals surface area contributed by atoms with Crippen molar-refractivity contribution in [3.63, 3.8) is 0 Å². The van der Waals surface area contributed by atoms with Gasteiger partial charge in [0.05, 0.1) is 26.0 Å². The second-order valence-corrected chi connectivity index (χ2v) is 8.89. The van der Waals surface area contributed by atoms with Gasteiger partial charge in [0.25, 0.3) is 11.5 Å². The lowest BCUT2D eigenvalue weighted by atomic mass is 10.1. The number of benzene rings is 1. The standard InChI is InChI=1S/C25H29FN4O5/c1-5-6-10-33-20-19(29-24-25(3,4)34-11-9-30(24)23(20)32)21(31)27-14-16-7-8-17(26)12-18(16)22-28-13-15(2)35-22/h7-8,12-13H,5-6,9-11,14H2,1-4H3,(H,27,31). The zero-order chi connectivity index (χ0) is 25.2. The Morgan fingerprint density at radius 1 is 1.34 bits per heavy atom. The maximum Gasteiger partial charge on any atom is 0.296 e. The molecule has 9 nitrogen and oxygen atoms in total. The molecule has 1 amide bonds. The fourth-order valence-corrected chi connectivity index (χ4v) is 3.90. The number of hydrogen-bond donors (Lipinski definition) is 1. The first-order valence-corrected chi connectivity index (χ1v) is 11.6. The van der Waals surface area contributed by atoms with Crippen molar-refractivity contribution in [2.24, 2.45) is 0 Å². The van der Waals surface area contributed by atoms with Crippen LogP contribution in [0, 0.1) is 12.7 Å². The highest BCUT2D eigenvalue weighted by atomic mass is 19.1. The van der Waals surface area contributed by atoms with Crippen molar-refractivity contribution >= 4 is 5.91 Å². The van der Waals surface area contributed by atoms with Crippen LogP contribution in [0.15, 0.2) is 33.6 Å². The molecule has 10 heteroatoms. The summed E-state index contributed by atoms with van der Waals surface area (Å²) < 4.78 is 32.5. The minimum Gasteiger partial charge on any atom is -0.486 e. The summed E-state index contributed by atoms with van der Waals surface area (Å²) in [5.41, 5.74) is -0.349. The molecule has 0 atom stereocenters. The molecular weight excluding hydrogens is 455 g/mol. The third kappa shape index (κ3) is 5.12. The average molecular weight is 485 g/mol. The Balaban J connectivity index is 1.67. The molecule has 0 saturated heterocycles. The molecule has 1 aliphatic rings. The van der Waals surface area contributed by atoms with E-state index >= 15 is 0 Å². The summed E-state index contributed by atoms with van der Waals surface area (Å²) in [5.74, 6) is 0.0662. The van der Waals surface area contributed by atoms with Gasteiger partial charge in [-0.05, 0) is 44.9 Å². The molecule has 4 rings (SSSR count). The Hall–Kier alpha value is -3.53. The summed E-state index contributed by atoms with van der Waals surface area (Å²) >= 11 is 0. The van der Waals surface area contributed by atoms with E-state index in [0.29, 0.717) is 42.5 Å². The third-order valence-corrected chi connectivity index (χ3v) is 5.77. The molecule has 35 heavy (non-hydrogen) atoms. The van der Waals surface area contributed by atoms with Crippen LogP contribution in [-0.4, -0.2) is 33.7 Å². The van der Waals surface area contributed by atoms with E-state index in [0.717, 1.165) is 12.8 Å². The highest BCUT2D eigenvalue weighted by molar-refractivity contribution is 5.94. The molecule has 0 bridgehead atoms. The van der Waals surface area contributed by atoms with Gasteiger partial charge in [-0.25, -0.2) is 14.4 Å². The molecule has 0 spiro atoms. The number of carbonyl (C=O) groups is 1. The number of hydrogen-bond acceptors (Lipinski definition) is 7. The number of oxazole rings is 1. The summed E-state index contributed by atoms with van der Waals surface area (Å²) in [4.78, 5) is 35.3. The molecule has 0 fully saturated rings. The first-order chi connectivity index (χ1) is 16.7. The molecule has 2 aromatic heterocycles. The predicted molar refractivity (Wildman–Crippen MR) is 126 cm³/mol. The van der Waals surface area contributed by atoms with Crippen molar-refractivity contribution in [1.29, 1.82) is 0 Å². The fourth-order valence-electron chi connectivity index (χ4n) is 3.90. The lowest BCUT2D eigenvalue weighted by molar-refractivity contribution is -0.0567. The quantitative estimate of drug-likeness (QED) is 0.486. The number of ether oxygens (including phenoxy) is 2. The van der Waals surface area contributed by atoms with Crippen LogP contribution in [-0.2, 0) is 23.4 Å². The number of aryl methyl sites for hydroxylation is 1. The van der Waals surface area contributed by atoms with Crippen molar-refractivity contribution in [2.75, 3.05) is 13.2 Å². The van der Waals surface area contributed by atoms with Crippen LogP contribution in [0.1, 0.15) is 61.2 Å². The van der Waals surface area contributed by atoms with Gasteiger partial charge in [0.1, 0.15) is 23.0 Å². The number of amides is 1. The largest absolute Gasteiger partial charge is 0.486 e. The molecule has 3 aromatic rings. The first kappa shape index (κ1) is 24.6. The van der Waals surface area contributed by atoms with Crippen LogP contribution >= 0.6 is 0 Å². The van der Waals surface area contributed by atoms with Crippen LogP contribution in [0.4, 0.5) is 4.39 Å². The molecule has 1 aromatic carbocycles. The molecule has 0 saturated carbocycles. The van der Waals surface area contributed by atoms with Gasteiger partial charge in [0.2, 0.25) is 11.6 Å². The van der Waals surface area contributed by atoms with Gasteiger partial charge >= 0.3 is 0 Å². The lowest BCUT2D eigenvalue weighted by Crippen LogP contribution is -2.43. The third-order valence-electron chi connectivity index (χ3n) is 5.77. The number of nitrogens with zero attached hydrogens (tertiary/aromatic N) is 3. The SMILES string of the molecule is CCCCOc1c(C(=O)NCc2ccc(F)cc2-c2ncc(C)o2)nc2n(c1=O)CCOC2(C)C. The van der Waals surface area contributed by atoms with Crippen molar-refractivity contribution < 1.29 is 23.1 Å². The highest BCUT2D eigenvalue weighted by Crippen LogP contribution is 2.28. The lowest BCUT2D eigenvalue weighted by Gasteiger charge is -2.32. The van der Waals surface area contributed by atoms with Crippen LogP contribution in [0.25, 0.3) is 11.5 Å². The molecular formula is C25H29FN4O5. The van der Waals surface area contributed by atoms with E-state index in [4.69, 9.17) is 13.9 Å². The van der Waals surface area contributed by atoms with Crippen molar-refractivity contribution in [1.82, 2.24) is 19.9 Å². The van der Waals surface area contributed by atoms with Gasteiger partial charge in [0, 0.05) is 12.1 Å². The second-order valence-electron chi connectivity index (χ2n) is 8.89. The normalized spacial score (nSPS) is 14.4. The summed E-state index contributed by atoms with van der Waals surface area (Å²) in [7, 11) is 0. The van der Waals surface area contributed by atoms with E-state index in [2.05, 4.69) is 15.3 Å². The summed E-state index contributed by atoms with van der Waals surface area (Å²) in [6.07, 6.45) is 3.14. The fraction of sp³-hybridized carbons (Fsp3) is 0.440. The average Bonchev–Trinajstić information content (AvgIpc) is 3.25. The second kappa shape index (κ2) is 9.99. The van der Waals surface area contributed by atoms with E-state index in [9.17, 15) is 14.0 Å². The smallest absolute Gasteiger partial charge is 0.296 e. The number of unbranched alkanes of at least 4 members (excludes halogenated alkanes) is 1. The molecule has 0 unspecified atom stereocenters. The van der Waals surface area contributed by atoms with Crippen LogP contribution in [0.2, 0.25) is 0 Å². The maximum absolute atomic E-state index is 13.9. The van der Waals surface area contributed by atoms with Crippen molar-refractivity contribution in [2.45, 2.75) is 59.2 Å². The van der Waals surface area contributed by atoms with Gasteiger partial charge in [-0.15, -0.1) is 0 Å². The minimum absolute atomic E-state index is 0.0320. The van der Waals surface area contributed by atoms with Gasteiger partial charge in [-0.1, -0.05) is 19.4 Å². The Kier molecular flexibility index (Phi) is 7.02. The maximum atomic E-state index is 13.9. The summed E-state index contributed by atoms with van der Waals surface area (Å²) in [5, 5.41) is 2.78. The molecule has 1 N–H and O–H groups in total. The minimum atomic E-state index is -0.846. The van der Waals surface area contributed by atoms with Gasteiger partial charge < -0.3 is 19.2 Å². The topological polar surface area (TPSA) is 108 Å². The van der Waals surface area contributed by atoms with Gasteiger partial charge in [0.15, 0.2) is 5.69 Å². The Bertz CT molecular complexity index is 1300. The van der Waals surface area contributed by atoms with E-state index in [1.165, 1.54) is 22.9 Å². The zero-order valence-corrected chi connectivity index (χ0v) is 20.3. The molecule has 0 radical (unpaired) electrons. The van der Waals surface area contributed by atoms with Crippen LogP contribution < -0.4 is 15.6 Å². The monoisotopic (exact) mass is 484 g/mol. The number of carbonyl (C=O) groups excluding carboxylic acids is 1. The number of aromatic nitrogens is 3. The van der Waals surface area contributed by atoms with Crippen molar-refractivity contribution in [3.8, 4) is 17.2 Å². The Labute approximate surface area is 202 Å². The number of fused-ring (bicyclic) bond motifs is 1. The molecule has 186 valence electrons. The van der Waals surface area contributed by atoms with Crippen LogP contribution in [0.3, 0.4) is 0 Å². The molecule has 0 aliphatic carbocycles. The first-order valence-electron chi connectivity index (χ1n) is 11.6.